The first-order valence-corrected chi connectivity index (χ1v) is 5.66. The van der Waals surface area contributed by atoms with Crippen LogP contribution < -0.4 is 29.6 Å². The number of carbonyl (C=O) groups excluding carboxylic acids is 4. The zero-order valence-corrected chi connectivity index (χ0v) is 12.9. The molecule has 0 radical (unpaired) electrons. The molecule has 0 aromatic heterocycles. The Hall–Kier alpha value is 0.340. The molecule has 0 saturated carbocycles. The van der Waals surface area contributed by atoms with Gasteiger partial charge in [-0.25, -0.2) is 3.63 Å². The minimum absolute atomic E-state index is 0. The molecule has 0 aliphatic rings. The van der Waals surface area contributed by atoms with E-state index >= 15 is 0 Å². The van der Waals surface area contributed by atoms with Crippen molar-refractivity contribution in [3.63, 3.8) is 0 Å². The van der Waals surface area contributed by atoms with Crippen molar-refractivity contribution in [2.75, 3.05) is 0 Å². The summed E-state index contributed by atoms with van der Waals surface area (Å²) in [6, 6.07) is 0. The predicted molar refractivity (Wildman–Crippen MR) is 58.0 cm³/mol. The van der Waals surface area contributed by atoms with Crippen LogP contribution in [0.5, 0.6) is 0 Å². The number of Topliss-reactive ketones (excluding diaryl/α,β-unsaturated/α-hetero) is 2. The Morgan fingerprint density at radius 1 is 0.938 bits per heavy atom. The third-order valence-electron chi connectivity index (χ3n) is 1.32. The van der Waals surface area contributed by atoms with Gasteiger partial charge in [0.05, 0.1) is 24.1 Å². The molecular weight excluding hydrogens is 263 g/mol. The summed E-state index contributed by atoms with van der Waals surface area (Å²) in [5.41, 5.74) is 0. The van der Waals surface area contributed by atoms with E-state index in [4.69, 9.17) is 0 Å². The molecule has 0 aromatic carbocycles. The summed E-state index contributed by atoms with van der Waals surface area (Å²) in [5, 5.41) is -1.55. The van der Waals surface area contributed by atoms with Crippen molar-refractivity contribution in [2.24, 2.45) is 0 Å². The van der Waals surface area contributed by atoms with Gasteiger partial charge in [0, 0.05) is 12.8 Å². The average Bonchev–Trinajstić information content (AvgIpc) is 2.26. The normalized spacial score (nSPS) is 9.12. The van der Waals surface area contributed by atoms with Crippen LogP contribution in [-0.4, -0.2) is 21.8 Å². The van der Waals surface area contributed by atoms with Crippen LogP contribution in [0, 0.1) is 0 Å². The van der Waals surface area contributed by atoms with Gasteiger partial charge in [-0.1, -0.05) is 13.8 Å². The van der Waals surface area contributed by atoms with Crippen LogP contribution in [0.15, 0.2) is 0 Å². The van der Waals surface area contributed by atoms with Gasteiger partial charge in [0.1, 0.15) is 0 Å². The van der Waals surface area contributed by atoms with Crippen LogP contribution >= 0.6 is 24.1 Å². The molecule has 0 rings (SSSR count). The molecule has 0 spiro atoms. The Morgan fingerprint density at radius 3 is 1.50 bits per heavy atom. The van der Waals surface area contributed by atoms with Gasteiger partial charge in [-0.05, 0) is 0 Å². The molecule has 0 aliphatic carbocycles. The first kappa shape index (κ1) is 18.7. The maximum absolute atomic E-state index is 10.9. The summed E-state index contributed by atoms with van der Waals surface area (Å²) in [6.45, 7) is 3.08. The molecule has 0 aliphatic heterocycles. The van der Waals surface area contributed by atoms with Gasteiger partial charge in [-0.3, -0.25) is 19.2 Å². The molecule has 8 heteroatoms. The Kier molecular flexibility index (Phi) is 12.3. The second-order valence-corrected chi connectivity index (χ2v) is 3.98. The molecule has 0 N–H and O–H groups in total. The van der Waals surface area contributed by atoms with Gasteiger partial charge in [0.2, 0.25) is 11.6 Å². The number of rotatable bonds is 6. The number of ketones is 2. The Morgan fingerprint density at radius 2 is 1.25 bits per heavy atom. The molecule has 86 valence electrons. The Bertz CT molecular complexity index is 270. The maximum atomic E-state index is 10.9. The topological polar surface area (TPSA) is 77.5 Å². The quantitative estimate of drug-likeness (QED) is 0.329. The standard InChI is InChI=1S/C8H10O5S2.Na.H/c1-3-5(9)7(11)14-13-15-8(12)6(10)4-2;;/h3-4H2,1-2H3;;/q;+1;-1. The van der Waals surface area contributed by atoms with E-state index in [1.54, 1.807) is 13.8 Å². The van der Waals surface area contributed by atoms with E-state index in [9.17, 15) is 19.2 Å². The van der Waals surface area contributed by atoms with Crippen molar-refractivity contribution in [2.45, 2.75) is 26.7 Å². The molecule has 0 bridgehead atoms. The van der Waals surface area contributed by atoms with E-state index in [2.05, 4.69) is 3.63 Å². The minimum Gasteiger partial charge on any atom is -1.00 e. The van der Waals surface area contributed by atoms with Crippen molar-refractivity contribution in [1.29, 1.82) is 0 Å². The maximum Gasteiger partial charge on any atom is 1.00 e. The molecule has 0 saturated heterocycles. The second-order valence-electron chi connectivity index (χ2n) is 2.36. The molecule has 0 unspecified atom stereocenters. The fourth-order valence-corrected chi connectivity index (χ4v) is 1.57. The van der Waals surface area contributed by atoms with E-state index < -0.39 is 21.8 Å². The summed E-state index contributed by atoms with van der Waals surface area (Å²) in [7, 11) is 0. The minimum atomic E-state index is -0.776. The van der Waals surface area contributed by atoms with E-state index in [0.29, 0.717) is 0 Å². The monoisotopic (exact) mass is 274 g/mol. The summed E-state index contributed by atoms with van der Waals surface area (Å²) >= 11 is 0.534. The largest absolute Gasteiger partial charge is 1.00 e. The smallest absolute Gasteiger partial charge is 1.00 e. The summed E-state index contributed by atoms with van der Waals surface area (Å²) in [5.74, 6) is -1.18. The Labute approximate surface area is 126 Å². The van der Waals surface area contributed by atoms with Crippen LogP contribution in [0.3, 0.4) is 0 Å². The zero-order chi connectivity index (χ0) is 11.8. The van der Waals surface area contributed by atoms with Crippen LogP contribution in [0.25, 0.3) is 0 Å². The van der Waals surface area contributed by atoms with Crippen molar-refractivity contribution in [1.82, 2.24) is 0 Å². The third-order valence-corrected chi connectivity index (χ3v) is 2.62. The molecule has 0 heterocycles. The third kappa shape index (κ3) is 7.59. The van der Waals surface area contributed by atoms with Crippen LogP contribution in [-0.2, 0) is 22.8 Å². The van der Waals surface area contributed by atoms with Gasteiger partial charge in [0.25, 0.3) is 10.2 Å². The number of carbonyl (C=O) groups is 4. The van der Waals surface area contributed by atoms with Gasteiger partial charge < -0.3 is 1.43 Å². The van der Waals surface area contributed by atoms with Gasteiger partial charge in [0.15, 0.2) is 0 Å². The van der Waals surface area contributed by atoms with E-state index in [1.807, 2.05) is 0 Å². The van der Waals surface area contributed by atoms with E-state index in [-0.39, 0.29) is 67.9 Å². The summed E-state index contributed by atoms with van der Waals surface area (Å²) < 4.78 is 4.50. The van der Waals surface area contributed by atoms with Gasteiger partial charge in [-0.2, -0.15) is 0 Å². The average molecular weight is 274 g/mol. The van der Waals surface area contributed by atoms with Crippen molar-refractivity contribution in [3.8, 4) is 0 Å². The van der Waals surface area contributed by atoms with Gasteiger partial charge in [-0.15, -0.1) is 0 Å². The Balaban J connectivity index is -0.000000980. The molecule has 0 atom stereocenters. The SMILES string of the molecule is CCC(=O)C(=O)SOSC(=O)C(=O)CC.[H-].[Na+]. The van der Waals surface area contributed by atoms with Crippen LogP contribution in [0.4, 0.5) is 0 Å². The number of hydrogen-bond acceptors (Lipinski definition) is 7. The molecule has 16 heavy (non-hydrogen) atoms. The number of hydrogen-bond donors (Lipinski definition) is 0. The van der Waals surface area contributed by atoms with Crippen molar-refractivity contribution < 1.29 is 53.8 Å². The van der Waals surface area contributed by atoms with Gasteiger partial charge >= 0.3 is 29.6 Å². The molecule has 0 aromatic rings. The fraction of sp³-hybridized carbons (Fsp3) is 0.500. The molecular formula is C8H11NaO5S2. The first-order valence-electron chi connectivity index (χ1n) is 4.18. The first-order chi connectivity index (χ1) is 7.02. The van der Waals surface area contributed by atoms with Crippen LogP contribution in [0.1, 0.15) is 28.1 Å². The summed E-state index contributed by atoms with van der Waals surface area (Å²) in [4.78, 5) is 43.3. The molecule has 0 amide bonds. The van der Waals surface area contributed by atoms with Crippen LogP contribution in [0.2, 0.25) is 0 Å². The van der Waals surface area contributed by atoms with Crippen molar-refractivity contribution in [3.05, 3.63) is 0 Å². The van der Waals surface area contributed by atoms with E-state index in [0.717, 1.165) is 0 Å². The zero-order valence-electron chi connectivity index (χ0n) is 10.3. The molecule has 0 fully saturated rings. The van der Waals surface area contributed by atoms with E-state index in [1.165, 1.54) is 0 Å². The molecule has 5 nitrogen and oxygen atoms in total. The predicted octanol–water partition coefficient (Wildman–Crippen LogP) is -1.57. The summed E-state index contributed by atoms with van der Waals surface area (Å²) in [6.07, 6.45) is 0.170. The van der Waals surface area contributed by atoms with Crippen molar-refractivity contribution >= 4 is 45.9 Å². The fourth-order valence-electron chi connectivity index (χ4n) is 0.460. The second kappa shape index (κ2) is 10.5.